The largest absolute Gasteiger partial charge is 0.488 e. The van der Waals surface area contributed by atoms with Crippen LogP contribution in [0.15, 0.2) is 18.2 Å². The molecular formula is C17H27NO3. The van der Waals surface area contributed by atoms with Crippen molar-refractivity contribution in [3.05, 3.63) is 23.8 Å². The zero-order chi connectivity index (χ0) is 15.3. The quantitative estimate of drug-likeness (QED) is 0.773. The fraction of sp³-hybridized carbons (Fsp3) is 0.647. The monoisotopic (exact) mass is 293 g/mol. The molecule has 0 bridgehead atoms. The molecule has 118 valence electrons. The van der Waals surface area contributed by atoms with Gasteiger partial charge in [0.15, 0.2) is 11.5 Å². The molecule has 4 heteroatoms. The van der Waals surface area contributed by atoms with Crippen molar-refractivity contribution in [2.75, 3.05) is 19.8 Å². The van der Waals surface area contributed by atoms with Gasteiger partial charge in [0.2, 0.25) is 0 Å². The normalized spacial score (nSPS) is 17.1. The number of aliphatic hydroxyl groups excluding tert-OH is 1. The van der Waals surface area contributed by atoms with E-state index >= 15 is 0 Å². The van der Waals surface area contributed by atoms with Crippen LogP contribution in [0.3, 0.4) is 0 Å². The van der Waals surface area contributed by atoms with Gasteiger partial charge in [0.1, 0.15) is 12.2 Å². The first-order chi connectivity index (χ1) is 10.1. The number of rotatable bonds is 8. The van der Waals surface area contributed by atoms with Gasteiger partial charge in [-0.05, 0) is 39.3 Å². The summed E-state index contributed by atoms with van der Waals surface area (Å²) in [4.78, 5) is 0. The number of nitrogens with one attached hydrogen (secondary N) is 1. The fourth-order valence-electron chi connectivity index (χ4n) is 2.64. The molecule has 0 amide bonds. The molecule has 0 fully saturated rings. The first-order valence-electron chi connectivity index (χ1n) is 7.83. The van der Waals surface area contributed by atoms with E-state index in [9.17, 15) is 0 Å². The van der Waals surface area contributed by atoms with Crippen molar-refractivity contribution in [3.63, 3.8) is 0 Å². The maximum Gasteiger partial charge on any atom is 0.165 e. The number of ether oxygens (including phenoxy) is 2. The van der Waals surface area contributed by atoms with E-state index in [1.807, 2.05) is 12.1 Å². The molecule has 21 heavy (non-hydrogen) atoms. The maximum atomic E-state index is 9.14. The van der Waals surface area contributed by atoms with Gasteiger partial charge in [-0.25, -0.2) is 0 Å². The van der Waals surface area contributed by atoms with Crippen LogP contribution in [0.25, 0.3) is 0 Å². The Labute approximate surface area is 127 Å². The zero-order valence-corrected chi connectivity index (χ0v) is 13.3. The standard InChI is InChI=1S/C17H27NO3/c1-4-9-18-14(8-10-19)12-20-15-7-5-6-13-11-17(2,3)21-16(13)15/h5-7,14,18-19H,4,8-12H2,1-3H3. The molecule has 0 spiro atoms. The van der Waals surface area contributed by atoms with Crippen molar-refractivity contribution in [2.45, 2.75) is 51.7 Å². The van der Waals surface area contributed by atoms with Gasteiger partial charge in [-0.15, -0.1) is 0 Å². The Morgan fingerprint density at radius 2 is 2.24 bits per heavy atom. The molecule has 4 nitrogen and oxygen atoms in total. The van der Waals surface area contributed by atoms with Crippen LogP contribution in [0.5, 0.6) is 11.5 Å². The van der Waals surface area contributed by atoms with E-state index in [1.54, 1.807) is 0 Å². The highest BCUT2D eigenvalue weighted by atomic mass is 16.5. The average molecular weight is 293 g/mol. The van der Waals surface area contributed by atoms with Crippen LogP contribution in [0.2, 0.25) is 0 Å². The van der Waals surface area contributed by atoms with E-state index in [2.05, 4.69) is 32.2 Å². The second kappa shape index (κ2) is 7.14. The van der Waals surface area contributed by atoms with Crippen LogP contribution in [0, 0.1) is 0 Å². The van der Waals surface area contributed by atoms with Crippen LogP contribution in [-0.4, -0.2) is 36.5 Å². The summed E-state index contributed by atoms with van der Waals surface area (Å²) in [6, 6.07) is 6.23. The lowest BCUT2D eigenvalue weighted by Crippen LogP contribution is -2.36. The molecule has 1 heterocycles. The van der Waals surface area contributed by atoms with E-state index in [4.69, 9.17) is 14.6 Å². The Morgan fingerprint density at radius 3 is 2.95 bits per heavy atom. The van der Waals surface area contributed by atoms with Crippen molar-refractivity contribution in [3.8, 4) is 11.5 Å². The minimum absolute atomic E-state index is 0.160. The molecule has 1 aliphatic rings. The number of hydrogen-bond donors (Lipinski definition) is 2. The van der Waals surface area contributed by atoms with Crippen molar-refractivity contribution >= 4 is 0 Å². The molecule has 0 radical (unpaired) electrons. The van der Waals surface area contributed by atoms with Crippen molar-refractivity contribution in [1.82, 2.24) is 5.32 Å². The van der Waals surface area contributed by atoms with Gasteiger partial charge in [-0.3, -0.25) is 0 Å². The second-order valence-electron chi connectivity index (χ2n) is 6.26. The summed E-state index contributed by atoms with van der Waals surface area (Å²) >= 11 is 0. The highest BCUT2D eigenvalue weighted by Crippen LogP contribution is 2.41. The van der Waals surface area contributed by atoms with Crippen LogP contribution >= 0.6 is 0 Å². The lowest BCUT2D eigenvalue weighted by atomic mass is 10.0. The molecule has 0 saturated heterocycles. The van der Waals surface area contributed by atoms with Crippen molar-refractivity contribution < 1.29 is 14.6 Å². The third kappa shape index (κ3) is 4.35. The topological polar surface area (TPSA) is 50.7 Å². The molecule has 2 rings (SSSR count). The molecule has 1 aromatic rings. The van der Waals surface area contributed by atoms with Crippen molar-refractivity contribution in [1.29, 1.82) is 0 Å². The summed E-state index contributed by atoms with van der Waals surface area (Å²) in [5, 5.41) is 12.5. The van der Waals surface area contributed by atoms with E-state index in [1.165, 1.54) is 5.56 Å². The van der Waals surface area contributed by atoms with E-state index in [0.717, 1.165) is 30.9 Å². The van der Waals surface area contributed by atoms with Crippen molar-refractivity contribution in [2.24, 2.45) is 0 Å². The summed E-state index contributed by atoms with van der Waals surface area (Å²) in [7, 11) is 0. The van der Waals surface area contributed by atoms with Crippen LogP contribution < -0.4 is 14.8 Å². The predicted molar refractivity (Wildman–Crippen MR) is 84.1 cm³/mol. The molecule has 0 saturated carbocycles. The first-order valence-corrected chi connectivity index (χ1v) is 7.83. The van der Waals surface area contributed by atoms with Gasteiger partial charge in [0.05, 0.1) is 0 Å². The minimum atomic E-state index is -0.160. The second-order valence-corrected chi connectivity index (χ2v) is 6.26. The summed E-state index contributed by atoms with van der Waals surface area (Å²) in [5.41, 5.74) is 1.05. The minimum Gasteiger partial charge on any atom is -0.488 e. The van der Waals surface area contributed by atoms with Gasteiger partial charge in [0, 0.05) is 24.6 Å². The lowest BCUT2D eigenvalue weighted by Gasteiger charge is -2.20. The zero-order valence-electron chi connectivity index (χ0n) is 13.3. The highest BCUT2D eigenvalue weighted by Gasteiger charge is 2.32. The number of para-hydroxylation sites is 1. The van der Waals surface area contributed by atoms with Crippen LogP contribution in [-0.2, 0) is 6.42 Å². The predicted octanol–water partition coefficient (Wildman–Crippen LogP) is 2.53. The highest BCUT2D eigenvalue weighted by molar-refractivity contribution is 5.50. The number of fused-ring (bicyclic) bond motifs is 1. The molecular weight excluding hydrogens is 266 g/mol. The third-order valence-electron chi connectivity index (χ3n) is 3.66. The van der Waals surface area contributed by atoms with Gasteiger partial charge >= 0.3 is 0 Å². The van der Waals surface area contributed by atoms with Gasteiger partial charge in [0.25, 0.3) is 0 Å². The lowest BCUT2D eigenvalue weighted by molar-refractivity contribution is 0.130. The Bertz CT molecular complexity index is 459. The summed E-state index contributed by atoms with van der Waals surface area (Å²) in [5.74, 6) is 1.68. The van der Waals surface area contributed by atoms with Gasteiger partial charge in [-0.2, -0.15) is 0 Å². The molecule has 1 unspecified atom stereocenters. The molecule has 0 aliphatic carbocycles. The van der Waals surface area contributed by atoms with Gasteiger partial charge in [-0.1, -0.05) is 19.1 Å². The molecule has 1 aromatic carbocycles. The molecule has 1 aliphatic heterocycles. The number of hydrogen-bond acceptors (Lipinski definition) is 4. The summed E-state index contributed by atoms with van der Waals surface area (Å²) in [6.07, 6.45) is 2.68. The van der Waals surface area contributed by atoms with Crippen LogP contribution in [0.1, 0.15) is 39.2 Å². The summed E-state index contributed by atoms with van der Waals surface area (Å²) in [6.45, 7) is 7.96. The molecule has 2 N–H and O–H groups in total. The number of benzene rings is 1. The van der Waals surface area contributed by atoms with E-state index in [0.29, 0.717) is 13.0 Å². The van der Waals surface area contributed by atoms with Crippen LogP contribution in [0.4, 0.5) is 0 Å². The first kappa shape index (κ1) is 16.1. The Hall–Kier alpha value is -1.26. The fourth-order valence-corrected chi connectivity index (χ4v) is 2.64. The third-order valence-corrected chi connectivity index (χ3v) is 3.66. The maximum absolute atomic E-state index is 9.14. The smallest absolute Gasteiger partial charge is 0.165 e. The molecule has 1 atom stereocenters. The SMILES string of the molecule is CCCNC(CCO)COc1cccc2c1OC(C)(C)C2. The Kier molecular flexibility index (Phi) is 5.48. The van der Waals surface area contributed by atoms with E-state index in [-0.39, 0.29) is 18.2 Å². The van der Waals surface area contributed by atoms with E-state index < -0.39 is 0 Å². The summed E-state index contributed by atoms with van der Waals surface area (Å²) < 4.78 is 12.0. The average Bonchev–Trinajstić information content (AvgIpc) is 2.76. The number of aliphatic hydroxyl groups is 1. The Balaban J connectivity index is 1.99. The Morgan fingerprint density at radius 1 is 1.43 bits per heavy atom. The molecule has 0 aromatic heterocycles. The van der Waals surface area contributed by atoms with Gasteiger partial charge < -0.3 is 19.9 Å².